The highest BCUT2D eigenvalue weighted by Crippen LogP contribution is 2.33. The highest BCUT2D eigenvalue weighted by atomic mass is 16.5. The van der Waals surface area contributed by atoms with Gasteiger partial charge in [-0.3, -0.25) is 5.32 Å². The van der Waals surface area contributed by atoms with E-state index in [1.807, 2.05) is 36.4 Å². The van der Waals surface area contributed by atoms with E-state index < -0.39 is 0 Å². The smallest absolute Gasteiger partial charge is 0.321 e. The molecule has 0 fully saturated rings. The van der Waals surface area contributed by atoms with Crippen molar-refractivity contribution >= 4 is 23.0 Å². The third-order valence-corrected chi connectivity index (χ3v) is 3.66. The first-order valence-electron chi connectivity index (χ1n) is 7.35. The largest absolute Gasteiger partial charge is 0.493 e. The van der Waals surface area contributed by atoms with Crippen LogP contribution in [0.2, 0.25) is 0 Å². The quantitative estimate of drug-likeness (QED) is 0.688. The Morgan fingerprint density at radius 1 is 1.04 bits per heavy atom. The zero-order valence-electron chi connectivity index (χ0n) is 13.6. The molecular weight excluding hydrogens is 308 g/mol. The molecule has 0 aliphatic rings. The summed E-state index contributed by atoms with van der Waals surface area (Å²) in [6, 6.07) is 11.3. The zero-order valence-corrected chi connectivity index (χ0v) is 13.6. The number of imidazole rings is 1. The number of nitrogens with zero attached hydrogens (tertiary/aromatic N) is 1. The van der Waals surface area contributed by atoms with Gasteiger partial charge in [-0.1, -0.05) is 12.1 Å². The van der Waals surface area contributed by atoms with Crippen molar-refractivity contribution in [3.63, 3.8) is 0 Å². The molecule has 3 rings (SSSR count). The third-order valence-electron chi connectivity index (χ3n) is 3.66. The fraction of sp³-hybridized carbons (Fsp3) is 0.176. The lowest BCUT2D eigenvalue weighted by molar-refractivity contribution is 0.254. The molecule has 0 bridgehead atoms. The number of ether oxygens (including phenoxy) is 2. The van der Waals surface area contributed by atoms with Crippen LogP contribution in [0.5, 0.6) is 11.5 Å². The molecule has 7 heteroatoms. The average Bonchev–Trinajstić information content (AvgIpc) is 3.02. The van der Waals surface area contributed by atoms with Crippen LogP contribution in [0.1, 0.15) is 0 Å². The Morgan fingerprint density at radius 2 is 1.75 bits per heavy atom. The van der Waals surface area contributed by atoms with Crippen LogP contribution in [0.4, 0.5) is 10.7 Å². The monoisotopic (exact) mass is 326 g/mol. The number of aromatic amines is 1. The molecule has 1 heterocycles. The van der Waals surface area contributed by atoms with Gasteiger partial charge in [0.05, 0.1) is 25.3 Å². The zero-order chi connectivity index (χ0) is 17.1. The Kier molecular flexibility index (Phi) is 4.24. The number of fused-ring (bicyclic) bond motifs is 1. The van der Waals surface area contributed by atoms with Crippen molar-refractivity contribution in [3.05, 3.63) is 36.4 Å². The second-order valence-corrected chi connectivity index (χ2v) is 5.09. The normalized spacial score (nSPS) is 10.5. The molecule has 0 radical (unpaired) electrons. The number of nitrogens with one attached hydrogen (secondary N) is 3. The highest BCUT2D eigenvalue weighted by molar-refractivity contribution is 5.90. The predicted molar refractivity (Wildman–Crippen MR) is 92.7 cm³/mol. The molecule has 0 aliphatic carbocycles. The van der Waals surface area contributed by atoms with Gasteiger partial charge in [0.25, 0.3) is 0 Å². The van der Waals surface area contributed by atoms with Crippen LogP contribution in [0.25, 0.3) is 22.2 Å². The lowest BCUT2D eigenvalue weighted by atomic mass is 10.0. The van der Waals surface area contributed by atoms with E-state index in [0.717, 1.165) is 22.2 Å². The fourth-order valence-electron chi connectivity index (χ4n) is 2.43. The standard InChI is InChI=1S/C17H18N4O3/c1-18-17(22)21-16-19-12-6-4-10(8-13(12)20-16)11-5-7-14(23-2)15(9-11)24-3/h4-9H,1-3H3,(H3,18,19,20,21,22). The molecule has 0 saturated heterocycles. The van der Waals surface area contributed by atoms with Gasteiger partial charge in [0.2, 0.25) is 5.95 Å². The Balaban J connectivity index is 1.97. The summed E-state index contributed by atoms with van der Waals surface area (Å²) in [5.41, 5.74) is 3.59. The van der Waals surface area contributed by atoms with E-state index in [0.29, 0.717) is 17.4 Å². The molecular formula is C17H18N4O3. The number of urea groups is 1. The molecule has 3 N–H and O–H groups in total. The number of carbonyl (C=O) groups is 1. The number of hydrogen-bond donors (Lipinski definition) is 3. The van der Waals surface area contributed by atoms with Gasteiger partial charge in [-0.25, -0.2) is 9.78 Å². The number of amides is 2. The van der Waals surface area contributed by atoms with Gasteiger partial charge in [0.15, 0.2) is 11.5 Å². The number of rotatable bonds is 4. The molecule has 0 saturated carbocycles. The van der Waals surface area contributed by atoms with Crippen molar-refractivity contribution in [2.45, 2.75) is 0 Å². The summed E-state index contributed by atoms with van der Waals surface area (Å²) in [6.07, 6.45) is 0. The van der Waals surface area contributed by atoms with Crippen molar-refractivity contribution in [1.29, 1.82) is 0 Å². The van der Waals surface area contributed by atoms with Gasteiger partial charge in [-0.15, -0.1) is 0 Å². The van der Waals surface area contributed by atoms with Gasteiger partial charge in [0, 0.05) is 7.05 Å². The second kappa shape index (κ2) is 6.49. The number of methoxy groups -OCH3 is 2. The minimum atomic E-state index is -0.325. The lowest BCUT2D eigenvalue weighted by Crippen LogP contribution is -2.24. The van der Waals surface area contributed by atoms with Crippen LogP contribution in [0.15, 0.2) is 36.4 Å². The van der Waals surface area contributed by atoms with Crippen molar-refractivity contribution in [1.82, 2.24) is 15.3 Å². The van der Waals surface area contributed by atoms with Gasteiger partial charge < -0.3 is 19.8 Å². The van der Waals surface area contributed by atoms with Crippen LogP contribution in [-0.2, 0) is 0 Å². The third kappa shape index (κ3) is 2.96. The number of carbonyl (C=O) groups excluding carboxylic acids is 1. The topological polar surface area (TPSA) is 88.3 Å². The molecule has 2 amide bonds. The first-order valence-corrected chi connectivity index (χ1v) is 7.35. The van der Waals surface area contributed by atoms with E-state index in [9.17, 15) is 4.79 Å². The van der Waals surface area contributed by atoms with Crippen molar-refractivity contribution < 1.29 is 14.3 Å². The fourth-order valence-corrected chi connectivity index (χ4v) is 2.43. The number of H-pyrrole nitrogens is 1. The molecule has 2 aromatic carbocycles. The lowest BCUT2D eigenvalue weighted by Gasteiger charge is -2.09. The minimum absolute atomic E-state index is 0.325. The Labute approximate surface area is 139 Å². The van der Waals surface area contributed by atoms with Crippen molar-refractivity contribution in [3.8, 4) is 22.6 Å². The second-order valence-electron chi connectivity index (χ2n) is 5.09. The van der Waals surface area contributed by atoms with Crippen LogP contribution >= 0.6 is 0 Å². The first kappa shape index (κ1) is 15.7. The Morgan fingerprint density at radius 3 is 2.46 bits per heavy atom. The number of hydrogen-bond acceptors (Lipinski definition) is 4. The van der Waals surface area contributed by atoms with Crippen molar-refractivity contribution in [2.24, 2.45) is 0 Å². The number of aromatic nitrogens is 2. The van der Waals surface area contributed by atoms with Crippen LogP contribution in [0.3, 0.4) is 0 Å². The summed E-state index contributed by atoms with van der Waals surface area (Å²) in [7, 11) is 4.76. The Bertz CT molecular complexity index is 889. The van der Waals surface area contributed by atoms with Crippen LogP contribution in [-0.4, -0.2) is 37.3 Å². The maximum Gasteiger partial charge on any atom is 0.321 e. The van der Waals surface area contributed by atoms with Gasteiger partial charge in [-0.2, -0.15) is 0 Å². The van der Waals surface area contributed by atoms with E-state index >= 15 is 0 Å². The van der Waals surface area contributed by atoms with E-state index in [2.05, 4.69) is 20.6 Å². The van der Waals surface area contributed by atoms with E-state index in [4.69, 9.17) is 9.47 Å². The molecule has 7 nitrogen and oxygen atoms in total. The summed E-state index contributed by atoms with van der Waals surface area (Å²) < 4.78 is 10.6. The molecule has 24 heavy (non-hydrogen) atoms. The summed E-state index contributed by atoms with van der Waals surface area (Å²) in [6.45, 7) is 0. The Hall–Kier alpha value is -3.22. The van der Waals surface area contributed by atoms with Gasteiger partial charge >= 0.3 is 6.03 Å². The molecule has 1 aromatic heterocycles. The molecule has 124 valence electrons. The highest BCUT2D eigenvalue weighted by Gasteiger charge is 2.09. The van der Waals surface area contributed by atoms with Crippen molar-refractivity contribution in [2.75, 3.05) is 26.6 Å². The van der Waals surface area contributed by atoms with Crippen LogP contribution < -0.4 is 20.1 Å². The summed E-state index contributed by atoms with van der Waals surface area (Å²) in [5, 5.41) is 5.10. The van der Waals surface area contributed by atoms with Gasteiger partial charge in [-0.05, 0) is 35.4 Å². The summed E-state index contributed by atoms with van der Waals surface area (Å²) in [4.78, 5) is 18.8. The molecule has 0 aliphatic heterocycles. The van der Waals surface area contributed by atoms with E-state index in [1.54, 1.807) is 21.3 Å². The molecule has 0 spiro atoms. The van der Waals surface area contributed by atoms with Gasteiger partial charge in [0.1, 0.15) is 0 Å². The summed E-state index contributed by atoms with van der Waals surface area (Å²) in [5.74, 6) is 1.75. The average molecular weight is 326 g/mol. The summed E-state index contributed by atoms with van der Waals surface area (Å²) >= 11 is 0. The number of benzene rings is 2. The molecule has 3 aromatic rings. The number of anilines is 1. The molecule has 0 unspecified atom stereocenters. The van der Waals surface area contributed by atoms with Crippen LogP contribution in [0, 0.1) is 0 Å². The maximum absolute atomic E-state index is 11.4. The molecule has 0 atom stereocenters. The van der Waals surface area contributed by atoms with E-state index in [1.165, 1.54) is 0 Å². The maximum atomic E-state index is 11.4. The predicted octanol–water partition coefficient (Wildman–Crippen LogP) is 3.00. The van der Waals surface area contributed by atoms with E-state index in [-0.39, 0.29) is 6.03 Å². The minimum Gasteiger partial charge on any atom is -0.493 e. The first-order chi connectivity index (χ1) is 11.6. The SMILES string of the molecule is CNC(=O)Nc1nc2ccc(-c3ccc(OC)c(OC)c3)cc2[nH]1.